The van der Waals surface area contributed by atoms with Gasteiger partial charge in [0.25, 0.3) is 0 Å². The largest absolute Gasteiger partial charge is 0.222 e. The maximum absolute atomic E-state index is 8.49. The molecule has 1 aliphatic rings. The SMILES string of the molecule is C1=C(c2ccccc2)[Se]c2ccccc2/C1=C/C=C/c1cc(-c2ccccc2)[o+]c2ccccc12.[O-][Cl+3]([O-])([O-])[O-]. The summed E-state index contributed by atoms with van der Waals surface area (Å²) in [5.74, 6) is 0.869. The summed E-state index contributed by atoms with van der Waals surface area (Å²) in [5, 5.41) is 1.11. The fraction of sp³-hybridized carbons (Fsp3) is 0. The van der Waals surface area contributed by atoms with E-state index < -0.39 is 10.2 Å². The van der Waals surface area contributed by atoms with Gasteiger partial charge in [0.05, 0.1) is 0 Å². The molecule has 0 fully saturated rings. The van der Waals surface area contributed by atoms with Gasteiger partial charge < -0.3 is 0 Å². The van der Waals surface area contributed by atoms with E-state index in [4.69, 9.17) is 23.1 Å². The van der Waals surface area contributed by atoms with E-state index in [1.807, 2.05) is 30.3 Å². The maximum atomic E-state index is 8.49. The van der Waals surface area contributed by atoms with E-state index in [1.54, 1.807) is 0 Å². The Morgan fingerprint density at radius 3 is 2.00 bits per heavy atom. The first-order chi connectivity index (χ1) is 19.3. The van der Waals surface area contributed by atoms with E-state index in [0.717, 1.165) is 27.9 Å². The average Bonchev–Trinajstić information content (AvgIpc) is 2.97. The summed E-state index contributed by atoms with van der Waals surface area (Å²) in [4.78, 5) is 0. The Morgan fingerprint density at radius 2 is 1.27 bits per heavy atom. The third-order valence-electron chi connectivity index (χ3n) is 6.08. The van der Waals surface area contributed by atoms with Gasteiger partial charge in [0.2, 0.25) is 0 Å². The van der Waals surface area contributed by atoms with E-state index in [1.165, 1.54) is 25.6 Å². The number of hydrogen-bond acceptors (Lipinski definition) is 4. The average molecular weight is 614 g/mol. The maximum Gasteiger partial charge on any atom is -0.112 e. The number of allylic oxidation sites excluding steroid dienone is 4. The summed E-state index contributed by atoms with van der Waals surface area (Å²) in [6.07, 6.45) is 8.95. The topological polar surface area (TPSA) is 104 Å². The molecule has 0 saturated carbocycles. The fourth-order valence-corrected chi connectivity index (χ4v) is 6.69. The van der Waals surface area contributed by atoms with Crippen LogP contribution in [0.25, 0.3) is 38.4 Å². The minimum atomic E-state index is -4.94. The van der Waals surface area contributed by atoms with Gasteiger partial charge in [-0.15, -0.1) is 10.2 Å². The van der Waals surface area contributed by atoms with Crippen molar-refractivity contribution in [3.63, 3.8) is 0 Å². The minimum Gasteiger partial charge on any atom is -0.222 e. The van der Waals surface area contributed by atoms with Crippen molar-refractivity contribution in [2.24, 2.45) is 0 Å². The summed E-state index contributed by atoms with van der Waals surface area (Å²) in [5.41, 5.74) is 6.98. The van der Waals surface area contributed by atoms with Crippen molar-refractivity contribution < 1.29 is 33.3 Å². The number of rotatable bonds is 4. The summed E-state index contributed by atoms with van der Waals surface area (Å²) in [7, 11) is -4.94. The molecule has 5 aromatic rings. The standard InChI is InChI=1S/C33H23OSe.ClHO4/c1-3-12-24(13-4-1)31-22-26(28-18-7-9-20-30(28)34-31)16-11-17-27-23-33(25-14-5-2-6-15-25)35-32-21-10-8-19-29(27)32;2-1(3,4)5/h1-23H;(H,2,3,4,5)/q+1;/p-1/b16-11+,27-17+;. The zero-order valence-corrected chi connectivity index (χ0v) is 23.6. The molecule has 6 rings (SSSR count). The summed E-state index contributed by atoms with van der Waals surface area (Å²) >= 11 is 0.292. The van der Waals surface area contributed by atoms with Crippen LogP contribution in [0, 0.1) is 10.2 Å². The Kier molecular flexibility index (Phi) is 8.70. The Hall–Kier alpha value is -3.84. The van der Waals surface area contributed by atoms with Crippen LogP contribution < -0.4 is 23.1 Å². The van der Waals surface area contributed by atoms with Gasteiger partial charge in [0.1, 0.15) is 0 Å². The molecule has 0 aliphatic carbocycles. The molecule has 7 heteroatoms. The molecule has 0 bridgehead atoms. The van der Waals surface area contributed by atoms with Crippen LogP contribution in [0.4, 0.5) is 0 Å². The van der Waals surface area contributed by atoms with E-state index in [2.05, 4.69) is 109 Å². The van der Waals surface area contributed by atoms with Gasteiger partial charge in [-0.25, -0.2) is 18.6 Å². The van der Waals surface area contributed by atoms with Crippen molar-refractivity contribution in [3.8, 4) is 11.3 Å². The molecule has 198 valence electrons. The monoisotopic (exact) mass is 614 g/mol. The third kappa shape index (κ3) is 7.21. The van der Waals surface area contributed by atoms with Gasteiger partial charge in [0.15, 0.2) is 0 Å². The van der Waals surface area contributed by atoms with Crippen LogP contribution in [0.1, 0.15) is 16.7 Å². The molecule has 1 aliphatic heterocycles. The van der Waals surface area contributed by atoms with E-state index in [-0.39, 0.29) is 0 Å². The summed E-state index contributed by atoms with van der Waals surface area (Å²) in [6.45, 7) is 0. The molecule has 0 amide bonds. The minimum absolute atomic E-state index is 0.292. The van der Waals surface area contributed by atoms with Crippen LogP contribution in [0.5, 0.6) is 0 Å². The first-order valence-corrected chi connectivity index (χ1v) is 15.3. The first kappa shape index (κ1) is 27.7. The first-order valence-electron chi connectivity index (χ1n) is 12.3. The van der Waals surface area contributed by atoms with Gasteiger partial charge in [-0.1, -0.05) is 6.07 Å². The molecule has 0 N–H and O–H groups in total. The Bertz CT molecular complexity index is 1700. The molecule has 40 heavy (non-hydrogen) atoms. The van der Waals surface area contributed by atoms with Crippen molar-refractivity contribution >= 4 is 46.5 Å². The van der Waals surface area contributed by atoms with Crippen LogP contribution in [-0.4, -0.2) is 15.0 Å². The van der Waals surface area contributed by atoms with Gasteiger partial charge in [-0.05, 0) is 0 Å². The number of hydrogen-bond donors (Lipinski definition) is 0. The molecule has 2 heterocycles. The van der Waals surface area contributed by atoms with E-state index >= 15 is 0 Å². The second-order valence-corrected chi connectivity index (χ2v) is 11.8. The zero-order valence-electron chi connectivity index (χ0n) is 21.1. The fourth-order valence-electron chi connectivity index (χ4n) is 4.34. The summed E-state index contributed by atoms with van der Waals surface area (Å²) < 4.78 is 43.0. The molecule has 0 spiro atoms. The number of fused-ring (bicyclic) bond motifs is 2. The quantitative estimate of drug-likeness (QED) is 0.229. The molecule has 1 aromatic heterocycles. The van der Waals surface area contributed by atoms with Gasteiger partial charge in [-0.2, -0.15) is 0 Å². The Labute approximate surface area is 240 Å². The number of halogens is 1. The van der Waals surface area contributed by atoms with Crippen LogP contribution in [-0.2, 0) is 0 Å². The number of benzene rings is 4. The van der Waals surface area contributed by atoms with Gasteiger partial charge in [-0.3, -0.25) is 0 Å². The predicted octanol–water partition coefficient (Wildman–Crippen LogP) is 3.11. The molecule has 0 atom stereocenters. The second-order valence-electron chi connectivity index (χ2n) is 8.76. The third-order valence-corrected chi connectivity index (χ3v) is 8.49. The smallest absolute Gasteiger partial charge is 0.112 e. The van der Waals surface area contributed by atoms with Crippen LogP contribution in [0.2, 0.25) is 0 Å². The van der Waals surface area contributed by atoms with Gasteiger partial charge in [0, 0.05) is 0 Å². The Morgan fingerprint density at radius 1 is 0.675 bits per heavy atom. The molecular weight excluding hydrogens is 591 g/mol. The number of para-hydroxylation sites is 1. The molecule has 4 aromatic carbocycles. The second kappa shape index (κ2) is 12.6. The van der Waals surface area contributed by atoms with Crippen molar-refractivity contribution in [1.82, 2.24) is 0 Å². The predicted molar refractivity (Wildman–Crippen MR) is 149 cm³/mol. The van der Waals surface area contributed by atoms with Crippen molar-refractivity contribution in [2.45, 2.75) is 0 Å². The molecular formula is C33H23ClO5Se. The molecule has 0 saturated heterocycles. The zero-order chi connectivity index (χ0) is 28.0. The van der Waals surface area contributed by atoms with E-state index in [9.17, 15) is 0 Å². The molecule has 0 unspecified atom stereocenters. The molecule has 0 radical (unpaired) electrons. The van der Waals surface area contributed by atoms with Crippen molar-refractivity contribution in [3.05, 3.63) is 150 Å². The van der Waals surface area contributed by atoms with Crippen molar-refractivity contribution in [2.75, 3.05) is 0 Å². The normalized spacial score (nSPS) is 14.0. The van der Waals surface area contributed by atoms with E-state index in [0.29, 0.717) is 15.0 Å². The van der Waals surface area contributed by atoms with Gasteiger partial charge >= 0.3 is 206 Å². The molecule has 5 nitrogen and oxygen atoms in total. The Balaban J connectivity index is 0.000000595. The van der Waals surface area contributed by atoms with Crippen LogP contribution in [0.3, 0.4) is 0 Å². The summed E-state index contributed by atoms with van der Waals surface area (Å²) in [6, 6.07) is 40.1. The van der Waals surface area contributed by atoms with Crippen molar-refractivity contribution in [1.29, 1.82) is 0 Å². The van der Waals surface area contributed by atoms with Crippen LogP contribution in [0.15, 0.2) is 138 Å². The van der Waals surface area contributed by atoms with Crippen LogP contribution >= 0.6 is 0 Å².